The van der Waals surface area contributed by atoms with Crippen molar-refractivity contribution in [1.29, 1.82) is 0 Å². The summed E-state index contributed by atoms with van der Waals surface area (Å²) in [6, 6.07) is 13.4. The van der Waals surface area contributed by atoms with Crippen molar-refractivity contribution in [1.82, 2.24) is 5.32 Å². The maximum Gasteiger partial charge on any atom is 0.326 e. The number of nitrogens with one attached hydrogen (secondary N) is 2. The lowest BCUT2D eigenvalue weighted by atomic mass is 10.0. The van der Waals surface area contributed by atoms with Gasteiger partial charge in [-0.25, -0.2) is 4.79 Å². The second kappa shape index (κ2) is 10.5. The molecular formula is C26H31N3O5. The highest BCUT2D eigenvalue weighted by molar-refractivity contribution is 6.09. The molecule has 0 saturated heterocycles. The highest BCUT2D eigenvalue weighted by atomic mass is 16.6. The first kappa shape index (κ1) is 25.0. The van der Waals surface area contributed by atoms with Crippen LogP contribution in [0.4, 0.5) is 16.2 Å². The first-order valence-electron chi connectivity index (χ1n) is 11.3. The Labute approximate surface area is 199 Å². The molecule has 0 heterocycles. The van der Waals surface area contributed by atoms with Crippen LogP contribution in [0.25, 0.3) is 0 Å². The number of ketones is 1. The van der Waals surface area contributed by atoms with Gasteiger partial charge in [-0.1, -0.05) is 24.3 Å². The van der Waals surface area contributed by atoms with E-state index in [9.17, 15) is 19.2 Å². The molecule has 3 rings (SSSR count). The minimum Gasteiger partial charge on any atom is -0.459 e. The number of rotatable bonds is 8. The molecule has 0 aromatic heterocycles. The van der Waals surface area contributed by atoms with E-state index >= 15 is 0 Å². The molecule has 0 spiro atoms. The highest BCUT2D eigenvalue weighted by Gasteiger charge is 2.34. The van der Waals surface area contributed by atoms with E-state index in [4.69, 9.17) is 4.74 Å². The Morgan fingerprint density at radius 1 is 1.03 bits per heavy atom. The van der Waals surface area contributed by atoms with Crippen LogP contribution in [0.1, 0.15) is 49.5 Å². The van der Waals surface area contributed by atoms with E-state index in [1.54, 1.807) is 57.2 Å². The average Bonchev–Trinajstić information content (AvgIpc) is 3.60. The molecule has 8 nitrogen and oxygen atoms in total. The third kappa shape index (κ3) is 7.16. The average molecular weight is 466 g/mol. The lowest BCUT2D eigenvalue weighted by molar-refractivity contribution is -0.153. The zero-order chi connectivity index (χ0) is 24.9. The number of ether oxygens (including phenoxy) is 1. The van der Waals surface area contributed by atoms with Gasteiger partial charge in [0.1, 0.15) is 12.1 Å². The molecule has 2 aromatic carbocycles. The molecule has 1 saturated carbocycles. The van der Waals surface area contributed by atoms with Crippen LogP contribution in [0.15, 0.2) is 48.5 Å². The number of hydrogen-bond donors (Lipinski definition) is 2. The molecule has 1 aliphatic rings. The van der Waals surface area contributed by atoms with Crippen molar-refractivity contribution in [3.05, 3.63) is 59.7 Å². The Hall–Kier alpha value is -3.68. The molecule has 0 bridgehead atoms. The van der Waals surface area contributed by atoms with Crippen molar-refractivity contribution in [3.8, 4) is 0 Å². The molecule has 2 N–H and O–H groups in total. The van der Waals surface area contributed by atoms with Gasteiger partial charge in [-0.05, 0) is 70.4 Å². The second-order valence-corrected chi connectivity index (χ2v) is 9.40. The van der Waals surface area contributed by atoms with Crippen LogP contribution >= 0.6 is 0 Å². The van der Waals surface area contributed by atoms with Crippen LogP contribution in [0.2, 0.25) is 0 Å². The van der Waals surface area contributed by atoms with Crippen molar-refractivity contribution < 1.29 is 23.9 Å². The number of aryl methyl sites for hydroxylation is 1. The standard InChI is InChI=1S/C26H31N3O5/c1-17-8-7-9-19(14-17)28-25(33)27-15-22(30)29(16-23(31)34-26(2,3)4)21-11-6-5-10-20(21)24(32)18-12-13-18/h5-11,14,18H,12-13,15-16H2,1-4H3,(H2,27,28,33). The van der Waals surface area contributed by atoms with Gasteiger partial charge in [0.2, 0.25) is 5.91 Å². The quantitative estimate of drug-likeness (QED) is 0.451. The first-order chi connectivity index (χ1) is 16.0. The molecule has 0 radical (unpaired) electrons. The van der Waals surface area contributed by atoms with Crippen molar-refractivity contribution in [2.45, 2.75) is 46.1 Å². The van der Waals surface area contributed by atoms with Crippen LogP contribution < -0.4 is 15.5 Å². The fourth-order valence-corrected chi connectivity index (χ4v) is 3.44. The number of esters is 1. The fraction of sp³-hybridized carbons (Fsp3) is 0.385. The van der Waals surface area contributed by atoms with Gasteiger partial charge in [0.05, 0.1) is 12.2 Å². The van der Waals surface area contributed by atoms with E-state index < -0.39 is 23.5 Å². The van der Waals surface area contributed by atoms with E-state index in [2.05, 4.69) is 10.6 Å². The largest absolute Gasteiger partial charge is 0.459 e. The summed E-state index contributed by atoms with van der Waals surface area (Å²) in [5.74, 6) is -1.26. The third-order valence-electron chi connectivity index (χ3n) is 5.09. The van der Waals surface area contributed by atoms with Gasteiger partial charge in [-0.3, -0.25) is 19.3 Å². The van der Waals surface area contributed by atoms with Crippen molar-refractivity contribution in [2.75, 3.05) is 23.3 Å². The molecule has 1 fully saturated rings. The van der Waals surface area contributed by atoms with Crippen LogP contribution in [0.5, 0.6) is 0 Å². The maximum atomic E-state index is 13.2. The number of carbonyl (C=O) groups is 4. The Kier molecular flexibility index (Phi) is 7.71. The zero-order valence-electron chi connectivity index (χ0n) is 20.0. The topological polar surface area (TPSA) is 105 Å². The summed E-state index contributed by atoms with van der Waals surface area (Å²) in [6.07, 6.45) is 1.63. The fourth-order valence-electron chi connectivity index (χ4n) is 3.44. The zero-order valence-corrected chi connectivity index (χ0v) is 20.0. The summed E-state index contributed by atoms with van der Waals surface area (Å²) in [7, 11) is 0. The van der Waals surface area contributed by atoms with E-state index in [1.807, 2.05) is 19.1 Å². The Bertz CT molecular complexity index is 1090. The normalized spacial score (nSPS) is 13.1. The van der Waals surface area contributed by atoms with Gasteiger partial charge in [0, 0.05) is 17.2 Å². The van der Waals surface area contributed by atoms with Crippen LogP contribution in [0.3, 0.4) is 0 Å². The van der Waals surface area contributed by atoms with E-state index in [0.717, 1.165) is 18.4 Å². The predicted molar refractivity (Wildman–Crippen MR) is 130 cm³/mol. The van der Waals surface area contributed by atoms with Crippen molar-refractivity contribution >= 4 is 35.1 Å². The number of amides is 3. The number of carbonyl (C=O) groups excluding carboxylic acids is 4. The molecule has 0 atom stereocenters. The molecule has 0 aliphatic heterocycles. The van der Waals surface area contributed by atoms with Gasteiger partial charge in [-0.15, -0.1) is 0 Å². The second-order valence-electron chi connectivity index (χ2n) is 9.40. The van der Waals surface area contributed by atoms with Crippen LogP contribution in [0, 0.1) is 12.8 Å². The Balaban J connectivity index is 1.77. The third-order valence-corrected chi connectivity index (χ3v) is 5.09. The number of para-hydroxylation sites is 1. The lowest BCUT2D eigenvalue weighted by Crippen LogP contribution is -2.45. The maximum absolute atomic E-state index is 13.2. The molecule has 34 heavy (non-hydrogen) atoms. The number of hydrogen-bond acceptors (Lipinski definition) is 5. The van der Waals surface area contributed by atoms with E-state index in [-0.39, 0.29) is 24.8 Å². The summed E-state index contributed by atoms with van der Waals surface area (Å²) >= 11 is 0. The van der Waals surface area contributed by atoms with E-state index in [1.165, 1.54) is 4.90 Å². The van der Waals surface area contributed by atoms with Gasteiger partial charge in [0.25, 0.3) is 0 Å². The molecule has 180 valence electrons. The molecule has 1 aliphatic carbocycles. The smallest absolute Gasteiger partial charge is 0.326 e. The van der Waals surface area contributed by atoms with Gasteiger partial charge < -0.3 is 15.4 Å². The Morgan fingerprint density at radius 2 is 1.74 bits per heavy atom. The minimum atomic E-state index is -0.735. The van der Waals surface area contributed by atoms with Crippen LogP contribution in [-0.2, 0) is 14.3 Å². The van der Waals surface area contributed by atoms with Gasteiger partial charge >= 0.3 is 12.0 Å². The minimum absolute atomic E-state index is 0.0530. The number of Topliss-reactive ketones (excluding diaryl/α,β-unsaturated/α-hetero) is 1. The monoisotopic (exact) mass is 465 g/mol. The molecule has 8 heteroatoms. The van der Waals surface area contributed by atoms with Crippen LogP contribution in [-0.4, -0.2) is 42.4 Å². The summed E-state index contributed by atoms with van der Waals surface area (Å²) in [5.41, 5.74) is 1.55. The first-order valence-corrected chi connectivity index (χ1v) is 11.3. The summed E-state index contributed by atoms with van der Waals surface area (Å²) in [5, 5.41) is 5.20. The number of anilines is 2. The highest BCUT2D eigenvalue weighted by Crippen LogP contribution is 2.35. The molecule has 3 amide bonds. The SMILES string of the molecule is Cc1cccc(NC(=O)NCC(=O)N(CC(=O)OC(C)(C)C)c2ccccc2C(=O)C2CC2)c1. The number of nitrogens with zero attached hydrogens (tertiary/aromatic N) is 1. The summed E-state index contributed by atoms with van der Waals surface area (Å²) < 4.78 is 5.40. The number of urea groups is 1. The lowest BCUT2D eigenvalue weighted by Gasteiger charge is -2.27. The molecule has 0 unspecified atom stereocenters. The predicted octanol–water partition coefficient (Wildman–Crippen LogP) is 4.08. The number of benzene rings is 2. The summed E-state index contributed by atoms with van der Waals surface area (Å²) in [6.45, 7) is 6.36. The molecular weight excluding hydrogens is 434 g/mol. The Morgan fingerprint density at radius 3 is 2.38 bits per heavy atom. The van der Waals surface area contributed by atoms with Gasteiger partial charge in [0.15, 0.2) is 5.78 Å². The summed E-state index contributed by atoms with van der Waals surface area (Å²) in [4.78, 5) is 52.1. The van der Waals surface area contributed by atoms with Crippen molar-refractivity contribution in [3.63, 3.8) is 0 Å². The van der Waals surface area contributed by atoms with E-state index in [0.29, 0.717) is 16.9 Å². The van der Waals surface area contributed by atoms with Gasteiger partial charge in [-0.2, -0.15) is 0 Å². The molecule has 2 aromatic rings. The van der Waals surface area contributed by atoms with Crippen molar-refractivity contribution in [2.24, 2.45) is 5.92 Å².